The number of rotatable bonds is 3. The zero-order valence-electron chi connectivity index (χ0n) is 8.37. The third-order valence-corrected chi connectivity index (χ3v) is 2.10. The zero-order chi connectivity index (χ0) is 10.9. The van der Waals surface area contributed by atoms with Crippen LogP contribution in [-0.2, 0) is 11.3 Å². The Balaban J connectivity index is 3.27. The van der Waals surface area contributed by atoms with Gasteiger partial charge in [0.1, 0.15) is 0 Å². The summed E-state index contributed by atoms with van der Waals surface area (Å²) in [6.07, 6.45) is 0. The summed E-state index contributed by atoms with van der Waals surface area (Å²) in [5.41, 5.74) is 1.29. The molecule has 0 aromatic carbocycles. The number of aliphatic carboxylic acids is 1. The Kier molecular flexibility index (Phi) is 2.69. The third kappa shape index (κ3) is 1.53. The van der Waals surface area contributed by atoms with Gasteiger partial charge in [-0.25, -0.2) is 4.79 Å². The van der Waals surface area contributed by atoms with Gasteiger partial charge in [0.15, 0.2) is 0 Å². The fourth-order valence-electron chi connectivity index (χ4n) is 1.44. The average molecular weight is 196 g/mol. The first kappa shape index (κ1) is 10.4. The predicted molar refractivity (Wildman–Crippen MR) is 49.3 cm³/mol. The van der Waals surface area contributed by atoms with E-state index >= 15 is 0 Å². The SMILES string of the molecule is CCn1nc(C)c(C(=O)C(=O)O)c1C. The second-order valence-corrected chi connectivity index (χ2v) is 3.00. The van der Waals surface area contributed by atoms with E-state index in [9.17, 15) is 9.59 Å². The number of aryl methyl sites for hydroxylation is 2. The summed E-state index contributed by atoms with van der Waals surface area (Å²) in [4.78, 5) is 21.8. The molecular weight excluding hydrogens is 184 g/mol. The minimum Gasteiger partial charge on any atom is -0.475 e. The molecule has 0 aliphatic heterocycles. The van der Waals surface area contributed by atoms with Crippen LogP contribution in [0.2, 0.25) is 0 Å². The summed E-state index contributed by atoms with van der Waals surface area (Å²) in [7, 11) is 0. The minimum atomic E-state index is -1.44. The molecule has 0 aliphatic carbocycles. The molecule has 5 heteroatoms. The van der Waals surface area contributed by atoms with Crippen LogP contribution < -0.4 is 0 Å². The van der Waals surface area contributed by atoms with Crippen molar-refractivity contribution in [1.82, 2.24) is 9.78 Å². The Morgan fingerprint density at radius 2 is 2.00 bits per heavy atom. The predicted octanol–water partition coefficient (Wildman–Crippen LogP) is 0.787. The van der Waals surface area contributed by atoms with Gasteiger partial charge in [0.05, 0.1) is 11.3 Å². The molecular formula is C9H12N2O3. The van der Waals surface area contributed by atoms with E-state index in [1.807, 2.05) is 6.92 Å². The highest BCUT2D eigenvalue weighted by Gasteiger charge is 2.23. The Bertz CT molecular complexity index is 393. The van der Waals surface area contributed by atoms with Crippen LogP contribution in [0.15, 0.2) is 0 Å². The van der Waals surface area contributed by atoms with Crippen LogP contribution in [0.25, 0.3) is 0 Å². The van der Waals surface area contributed by atoms with Crippen molar-refractivity contribution in [2.75, 3.05) is 0 Å². The lowest BCUT2D eigenvalue weighted by Gasteiger charge is -1.98. The molecule has 1 heterocycles. The van der Waals surface area contributed by atoms with Gasteiger partial charge in [-0.05, 0) is 20.8 Å². The van der Waals surface area contributed by atoms with Gasteiger partial charge in [0.2, 0.25) is 0 Å². The van der Waals surface area contributed by atoms with Crippen LogP contribution in [0.4, 0.5) is 0 Å². The molecule has 0 unspecified atom stereocenters. The first-order valence-electron chi connectivity index (χ1n) is 4.30. The van der Waals surface area contributed by atoms with E-state index in [-0.39, 0.29) is 5.56 Å². The van der Waals surface area contributed by atoms with E-state index in [0.717, 1.165) is 0 Å². The van der Waals surface area contributed by atoms with Crippen LogP contribution in [0, 0.1) is 13.8 Å². The smallest absolute Gasteiger partial charge is 0.377 e. The minimum absolute atomic E-state index is 0.208. The van der Waals surface area contributed by atoms with Gasteiger partial charge in [-0.1, -0.05) is 0 Å². The normalized spacial score (nSPS) is 10.2. The van der Waals surface area contributed by atoms with E-state index in [1.54, 1.807) is 18.5 Å². The summed E-state index contributed by atoms with van der Waals surface area (Å²) in [5.74, 6) is -2.33. The van der Waals surface area contributed by atoms with Crippen LogP contribution in [0.5, 0.6) is 0 Å². The highest BCUT2D eigenvalue weighted by molar-refractivity contribution is 6.40. The fraction of sp³-hybridized carbons (Fsp3) is 0.444. The van der Waals surface area contributed by atoms with Crippen molar-refractivity contribution in [3.8, 4) is 0 Å². The molecule has 14 heavy (non-hydrogen) atoms. The second-order valence-electron chi connectivity index (χ2n) is 3.00. The number of hydrogen-bond donors (Lipinski definition) is 1. The number of carbonyl (C=O) groups excluding carboxylic acids is 1. The number of hydrogen-bond acceptors (Lipinski definition) is 3. The molecule has 0 bridgehead atoms. The Morgan fingerprint density at radius 3 is 2.36 bits per heavy atom. The molecule has 0 atom stereocenters. The highest BCUT2D eigenvalue weighted by atomic mass is 16.4. The molecule has 1 aromatic rings. The number of ketones is 1. The Morgan fingerprint density at radius 1 is 1.43 bits per heavy atom. The molecule has 1 N–H and O–H groups in total. The van der Waals surface area contributed by atoms with Crippen molar-refractivity contribution in [1.29, 1.82) is 0 Å². The van der Waals surface area contributed by atoms with Gasteiger partial charge < -0.3 is 5.11 Å². The third-order valence-electron chi connectivity index (χ3n) is 2.10. The molecule has 1 aromatic heterocycles. The molecule has 0 aliphatic rings. The van der Waals surface area contributed by atoms with Crippen molar-refractivity contribution in [2.24, 2.45) is 0 Å². The molecule has 5 nitrogen and oxygen atoms in total. The largest absolute Gasteiger partial charge is 0.475 e. The van der Waals surface area contributed by atoms with Crippen LogP contribution in [-0.4, -0.2) is 26.6 Å². The van der Waals surface area contributed by atoms with Crippen LogP contribution >= 0.6 is 0 Å². The average Bonchev–Trinajstić information content (AvgIpc) is 2.40. The number of nitrogens with zero attached hydrogens (tertiary/aromatic N) is 2. The lowest BCUT2D eigenvalue weighted by Crippen LogP contribution is -2.14. The van der Waals surface area contributed by atoms with Crippen molar-refractivity contribution in [3.05, 3.63) is 17.0 Å². The van der Waals surface area contributed by atoms with Gasteiger partial charge in [-0.15, -0.1) is 0 Å². The summed E-state index contributed by atoms with van der Waals surface area (Å²) >= 11 is 0. The lowest BCUT2D eigenvalue weighted by atomic mass is 10.1. The Labute approximate surface area is 81.3 Å². The molecule has 0 amide bonds. The number of aromatic nitrogens is 2. The molecule has 76 valence electrons. The summed E-state index contributed by atoms with van der Waals surface area (Å²) in [5, 5.41) is 12.6. The number of carboxylic acids is 1. The van der Waals surface area contributed by atoms with E-state index in [0.29, 0.717) is 17.9 Å². The maximum atomic E-state index is 11.3. The van der Waals surface area contributed by atoms with Gasteiger partial charge in [-0.3, -0.25) is 9.48 Å². The topological polar surface area (TPSA) is 72.2 Å². The zero-order valence-corrected chi connectivity index (χ0v) is 8.37. The summed E-state index contributed by atoms with van der Waals surface area (Å²) < 4.78 is 1.62. The first-order valence-corrected chi connectivity index (χ1v) is 4.30. The van der Waals surface area contributed by atoms with Gasteiger partial charge in [-0.2, -0.15) is 5.10 Å². The number of Topliss-reactive ketones (excluding diaryl/α,β-unsaturated/α-hetero) is 1. The molecule has 0 saturated carbocycles. The monoisotopic (exact) mass is 196 g/mol. The van der Waals surface area contributed by atoms with E-state index in [1.165, 1.54) is 0 Å². The standard InChI is InChI=1S/C9H12N2O3/c1-4-11-6(3)7(5(2)10-11)8(12)9(13)14/h4H2,1-3H3,(H,13,14). The Hall–Kier alpha value is -1.65. The maximum absolute atomic E-state index is 11.3. The molecule has 1 rings (SSSR count). The van der Waals surface area contributed by atoms with Crippen molar-refractivity contribution in [2.45, 2.75) is 27.3 Å². The van der Waals surface area contributed by atoms with Crippen LogP contribution in [0.3, 0.4) is 0 Å². The van der Waals surface area contributed by atoms with Gasteiger partial charge in [0, 0.05) is 12.2 Å². The lowest BCUT2D eigenvalue weighted by molar-refractivity contribution is -0.131. The first-order chi connectivity index (χ1) is 6.49. The second kappa shape index (κ2) is 3.61. The van der Waals surface area contributed by atoms with Crippen LogP contribution in [0.1, 0.15) is 28.7 Å². The van der Waals surface area contributed by atoms with Crippen molar-refractivity contribution in [3.63, 3.8) is 0 Å². The number of carbonyl (C=O) groups is 2. The van der Waals surface area contributed by atoms with E-state index in [2.05, 4.69) is 5.10 Å². The molecule has 0 fully saturated rings. The van der Waals surface area contributed by atoms with Gasteiger partial charge >= 0.3 is 5.97 Å². The summed E-state index contributed by atoms with van der Waals surface area (Å²) in [6.45, 7) is 5.84. The molecule has 0 saturated heterocycles. The van der Waals surface area contributed by atoms with Crippen molar-refractivity contribution >= 4 is 11.8 Å². The maximum Gasteiger partial charge on any atom is 0.377 e. The van der Waals surface area contributed by atoms with Gasteiger partial charge in [0.25, 0.3) is 5.78 Å². The highest BCUT2D eigenvalue weighted by Crippen LogP contribution is 2.13. The number of carboxylic acid groups (broad SMARTS) is 1. The van der Waals surface area contributed by atoms with E-state index in [4.69, 9.17) is 5.11 Å². The molecule has 0 spiro atoms. The molecule has 0 radical (unpaired) electrons. The van der Waals surface area contributed by atoms with E-state index < -0.39 is 11.8 Å². The van der Waals surface area contributed by atoms with Crippen molar-refractivity contribution < 1.29 is 14.7 Å². The summed E-state index contributed by atoms with van der Waals surface area (Å²) in [6, 6.07) is 0. The quantitative estimate of drug-likeness (QED) is 0.573. The fourth-order valence-corrected chi connectivity index (χ4v) is 1.44.